The molecule has 0 amide bonds. The highest BCUT2D eigenvalue weighted by atomic mass is 127. The molecule has 0 bridgehead atoms. The summed E-state index contributed by atoms with van der Waals surface area (Å²) in [6.07, 6.45) is 11.1. The molecule has 6 heteroatoms. The van der Waals surface area contributed by atoms with E-state index in [1.807, 2.05) is 7.05 Å². The molecule has 1 saturated heterocycles. The molecule has 25 heavy (non-hydrogen) atoms. The fraction of sp³-hybridized carbons (Fsp3) is 0.947. The Morgan fingerprint density at radius 2 is 1.76 bits per heavy atom. The van der Waals surface area contributed by atoms with Crippen LogP contribution < -0.4 is 10.6 Å². The van der Waals surface area contributed by atoms with Gasteiger partial charge in [-0.15, -0.1) is 24.0 Å². The zero-order valence-electron chi connectivity index (χ0n) is 16.3. The molecule has 1 unspecified atom stereocenters. The Labute approximate surface area is 171 Å². The molecule has 1 aliphatic carbocycles. The number of nitrogens with one attached hydrogen (secondary N) is 2. The fourth-order valence-electron chi connectivity index (χ4n) is 3.77. The van der Waals surface area contributed by atoms with E-state index in [4.69, 9.17) is 4.74 Å². The summed E-state index contributed by atoms with van der Waals surface area (Å²) in [5.41, 5.74) is 0. The van der Waals surface area contributed by atoms with Crippen LogP contribution in [0.3, 0.4) is 0 Å². The van der Waals surface area contributed by atoms with Crippen LogP contribution >= 0.6 is 24.0 Å². The van der Waals surface area contributed by atoms with Crippen LogP contribution in [0.5, 0.6) is 0 Å². The maximum atomic E-state index is 6.02. The maximum absolute atomic E-state index is 6.02. The third-order valence-electron chi connectivity index (χ3n) is 5.16. The number of nitrogens with zero attached hydrogens (tertiary/aromatic N) is 2. The summed E-state index contributed by atoms with van der Waals surface area (Å²) in [4.78, 5) is 6.89. The van der Waals surface area contributed by atoms with Gasteiger partial charge in [0.1, 0.15) is 0 Å². The van der Waals surface area contributed by atoms with E-state index >= 15 is 0 Å². The molecule has 0 radical (unpaired) electrons. The molecule has 5 nitrogen and oxygen atoms in total. The second-order valence-corrected chi connectivity index (χ2v) is 7.48. The highest BCUT2D eigenvalue weighted by Crippen LogP contribution is 2.19. The molecule has 2 N–H and O–H groups in total. The Kier molecular flexibility index (Phi) is 12.9. The molecule has 0 aromatic rings. The topological polar surface area (TPSA) is 48.9 Å². The summed E-state index contributed by atoms with van der Waals surface area (Å²) in [6, 6.07) is 0. The minimum absolute atomic E-state index is 0. The van der Waals surface area contributed by atoms with E-state index in [2.05, 4.69) is 27.4 Å². The predicted octanol–water partition coefficient (Wildman–Crippen LogP) is 3.24. The molecule has 0 aromatic heterocycles. The summed E-state index contributed by atoms with van der Waals surface area (Å²) < 4.78 is 6.02. The number of aliphatic imine (C=N–C) groups is 1. The molecule has 1 atom stereocenters. The first kappa shape index (κ1) is 23.0. The van der Waals surface area contributed by atoms with Gasteiger partial charge < -0.3 is 20.3 Å². The number of hydrogen-bond acceptors (Lipinski definition) is 3. The highest BCUT2D eigenvalue weighted by molar-refractivity contribution is 14.0. The molecule has 2 aliphatic rings. The quantitative estimate of drug-likeness (QED) is 0.190. The Morgan fingerprint density at radius 3 is 2.40 bits per heavy atom. The lowest BCUT2D eigenvalue weighted by atomic mass is 10.1. The summed E-state index contributed by atoms with van der Waals surface area (Å²) in [5, 5.41) is 6.82. The smallest absolute Gasteiger partial charge is 0.191 e. The van der Waals surface area contributed by atoms with Crippen LogP contribution in [-0.2, 0) is 4.74 Å². The lowest BCUT2D eigenvalue weighted by molar-refractivity contribution is 0.0468. The van der Waals surface area contributed by atoms with E-state index in [1.165, 1.54) is 71.0 Å². The van der Waals surface area contributed by atoms with Crippen molar-refractivity contribution in [2.75, 3.05) is 46.4 Å². The number of hydrogen-bond donors (Lipinski definition) is 2. The SMILES string of the molecule is CN=C(NCCOC1CCCCCC1)NCC(C)CN1CCCC1.I. The minimum Gasteiger partial charge on any atom is -0.376 e. The molecular weight excluding hydrogens is 427 g/mol. The van der Waals surface area contributed by atoms with Gasteiger partial charge in [0.25, 0.3) is 0 Å². The van der Waals surface area contributed by atoms with Crippen molar-refractivity contribution in [2.45, 2.75) is 64.4 Å². The molecule has 0 spiro atoms. The molecular formula is C19H39IN4O. The second kappa shape index (κ2) is 14.0. The van der Waals surface area contributed by atoms with Crippen LogP contribution in [0.1, 0.15) is 58.3 Å². The minimum atomic E-state index is 0. The van der Waals surface area contributed by atoms with E-state index in [1.54, 1.807) is 0 Å². The third-order valence-corrected chi connectivity index (χ3v) is 5.16. The summed E-state index contributed by atoms with van der Waals surface area (Å²) in [5.74, 6) is 1.54. The third kappa shape index (κ3) is 9.99. The number of halogens is 1. The lowest BCUT2D eigenvalue weighted by Gasteiger charge is -2.21. The van der Waals surface area contributed by atoms with Crippen molar-refractivity contribution in [1.82, 2.24) is 15.5 Å². The molecule has 1 aliphatic heterocycles. The van der Waals surface area contributed by atoms with Crippen molar-refractivity contribution >= 4 is 29.9 Å². The predicted molar refractivity (Wildman–Crippen MR) is 117 cm³/mol. The molecule has 148 valence electrons. The normalized spacial score (nSPS) is 21.4. The summed E-state index contributed by atoms with van der Waals surface area (Å²) in [7, 11) is 1.84. The Balaban J connectivity index is 0.00000312. The van der Waals surface area contributed by atoms with Crippen molar-refractivity contribution in [3.8, 4) is 0 Å². The largest absolute Gasteiger partial charge is 0.376 e. The molecule has 1 heterocycles. The average molecular weight is 466 g/mol. The van der Waals surface area contributed by atoms with E-state index in [9.17, 15) is 0 Å². The van der Waals surface area contributed by atoms with Crippen LogP contribution in [0.15, 0.2) is 4.99 Å². The summed E-state index contributed by atoms with van der Waals surface area (Å²) >= 11 is 0. The van der Waals surface area contributed by atoms with Gasteiger partial charge >= 0.3 is 0 Å². The van der Waals surface area contributed by atoms with Crippen LogP contribution in [0.4, 0.5) is 0 Å². The van der Waals surface area contributed by atoms with Gasteiger partial charge in [0.15, 0.2) is 5.96 Å². The Morgan fingerprint density at radius 1 is 1.08 bits per heavy atom. The van der Waals surface area contributed by atoms with E-state index in [0.29, 0.717) is 12.0 Å². The number of rotatable bonds is 8. The fourth-order valence-corrected chi connectivity index (χ4v) is 3.77. The molecule has 2 rings (SSSR count). The van der Waals surface area contributed by atoms with Gasteiger partial charge in [-0.05, 0) is 44.7 Å². The van der Waals surface area contributed by atoms with E-state index in [0.717, 1.165) is 25.7 Å². The van der Waals surface area contributed by atoms with Crippen molar-refractivity contribution < 1.29 is 4.74 Å². The number of guanidine groups is 1. The van der Waals surface area contributed by atoms with Crippen molar-refractivity contribution in [3.63, 3.8) is 0 Å². The van der Waals surface area contributed by atoms with Gasteiger partial charge in [-0.3, -0.25) is 4.99 Å². The first-order chi connectivity index (χ1) is 11.8. The first-order valence-corrected chi connectivity index (χ1v) is 10.1. The van der Waals surface area contributed by atoms with Gasteiger partial charge in [-0.25, -0.2) is 0 Å². The summed E-state index contributed by atoms with van der Waals surface area (Å²) in [6.45, 7) is 8.62. The van der Waals surface area contributed by atoms with Crippen LogP contribution in [0.2, 0.25) is 0 Å². The number of likely N-dealkylation sites (tertiary alicyclic amines) is 1. The zero-order chi connectivity index (χ0) is 17.0. The van der Waals surface area contributed by atoms with Crippen molar-refractivity contribution in [3.05, 3.63) is 0 Å². The van der Waals surface area contributed by atoms with Gasteiger partial charge in [0, 0.05) is 26.7 Å². The first-order valence-electron chi connectivity index (χ1n) is 10.1. The van der Waals surface area contributed by atoms with Crippen molar-refractivity contribution in [1.29, 1.82) is 0 Å². The zero-order valence-corrected chi connectivity index (χ0v) is 18.6. The van der Waals surface area contributed by atoms with Gasteiger partial charge in [-0.2, -0.15) is 0 Å². The monoisotopic (exact) mass is 466 g/mol. The van der Waals surface area contributed by atoms with Gasteiger partial charge in [-0.1, -0.05) is 32.6 Å². The maximum Gasteiger partial charge on any atom is 0.191 e. The van der Waals surface area contributed by atoms with Crippen LogP contribution in [-0.4, -0.2) is 63.3 Å². The molecule has 0 aromatic carbocycles. The Bertz CT molecular complexity index is 353. The van der Waals surface area contributed by atoms with E-state index < -0.39 is 0 Å². The highest BCUT2D eigenvalue weighted by Gasteiger charge is 2.15. The lowest BCUT2D eigenvalue weighted by Crippen LogP contribution is -2.42. The van der Waals surface area contributed by atoms with Gasteiger partial charge in [0.2, 0.25) is 0 Å². The second-order valence-electron chi connectivity index (χ2n) is 7.48. The van der Waals surface area contributed by atoms with Crippen LogP contribution in [0.25, 0.3) is 0 Å². The van der Waals surface area contributed by atoms with Crippen molar-refractivity contribution in [2.24, 2.45) is 10.9 Å². The molecule has 1 saturated carbocycles. The average Bonchev–Trinajstić information content (AvgIpc) is 2.95. The standard InChI is InChI=1S/C19H38N4O.HI/c1-17(16-23-12-7-8-13-23)15-22-19(20-2)21-11-14-24-18-9-5-3-4-6-10-18;/h17-18H,3-16H2,1-2H3,(H2,20,21,22);1H. The molecule has 2 fully saturated rings. The van der Waals surface area contributed by atoms with E-state index in [-0.39, 0.29) is 24.0 Å². The Hall–Kier alpha value is -0.0800. The van der Waals surface area contributed by atoms with Crippen LogP contribution in [0, 0.1) is 5.92 Å². The van der Waals surface area contributed by atoms with Gasteiger partial charge in [0.05, 0.1) is 12.7 Å². The number of ether oxygens (including phenoxy) is 1.